The van der Waals surface area contributed by atoms with Gasteiger partial charge >= 0.3 is 0 Å². The van der Waals surface area contributed by atoms with Crippen molar-refractivity contribution in [2.75, 3.05) is 0 Å². The van der Waals surface area contributed by atoms with E-state index in [0.717, 1.165) is 22.2 Å². The van der Waals surface area contributed by atoms with Gasteiger partial charge in [0.2, 0.25) is 0 Å². The lowest BCUT2D eigenvalue weighted by Crippen LogP contribution is -2.51. The molecule has 0 fully saturated rings. The van der Waals surface area contributed by atoms with Crippen LogP contribution >= 0.6 is 0 Å². The summed E-state index contributed by atoms with van der Waals surface area (Å²) in [5.74, 6) is 0. The summed E-state index contributed by atoms with van der Waals surface area (Å²) in [6.45, 7) is 8.63. The fraction of sp³-hybridized carbons (Fsp3) is 0.238. The van der Waals surface area contributed by atoms with E-state index in [2.05, 4.69) is 30.4 Å². The molecule has 2 N–H and O–H groups in total. The van der Waals surface area contributed by atoms with E-state index in [-0.39, 0.29) is 16.5 Å². The maximum absolute atomic E-state index is 12.8. The number of H-pyrrole nitrogens is 2. The van der Waals surface area contributed by atoms with Crippen molar-refractivity contribution in [1.82, 2.24) is 14.5 Å². The molecule has 0 amide bonds. The molecule has 26 heavy (non-hydrogen) atoms. The molecule has 0 saturated heterocycles. The van der Waals surface area contributed by atoms with Gasteiger partial charge in [-0.05, 0) is 18.6 Å². The van der Waals surface area contributed by atoms with Crippen LogP contribution in [0, 0.1) is 0 Å². The van der Waals surface area contributed by atoms with Crippen molar-refractivity contribution in [3.8, 4) is 0 Å². The molecule has 0 unspecified atom stereocenters. The summed E-state index contributed by atoms with van der Waals surface area (Å²) in [6.07, 6.45) is 6.18. The SMILES string of the molecule is C=CC(C)(C)c1[nH]c2ccccc2c1/C=c1\[nH]c(=O)c2n(c1=O)CCC=2. The van der Waals surface area contributed by atoms with Crippen LogP contribution in [0.15, 0.2) is 46.5 Å². The van der Waals surface area contributed by atoms with Crippen LogP contribution < -0.4 is 21.8 Å². The molecule has 1 aromatic carbocycles. The zero-order valence-corrected chi connectivity index (χ0v) is 14.9. The van der Waals surface area contributed by atoms with Gasteiger partial charge in [0.05, 0.1) is 0 Å². The summed E-state index contributed by atoms with van der Waals surface area (Å²) in [5, 5.41) is 1.77. The van der Waals surface area contributed by atoms with E-state index in [9.17, 15) is 9.59 Å². The van der Waals surface area contributed by atoms with Crippen molar-refractivity contribution in [3.05, 3.63) is 79.6 Å². The Bertz CT molecular complexity index is 1270. The average Bonchev–Trinajstić information content (AvgIpc) is 3.25. The number of allylic oxidation sites excluding steroid dienone is 1. The monoisotopic (exact) mass is 347 g/mol. The molecule has 1 aliphatic rings. The van der Waals surface area contributed by atoms with Gasteiger partial charge in [-0.25, -0.2) is 0 Å². The number of fused-ring (bicyclic) bond motifs is 2. The number of aromatic nitrogens is 3. The second-order valence-corrected chi connectivity index (χ2v) is 7.23. The Morgan fingerprint density at radius 2 is 1.96 bits per heavy atom. The first-order valence-electron chi connectivity index (χ1n) is 8.72. The second kappa shape index (κ2) is 5.73. The van der Waals surface area contributed by atoms with Crippen molar-refractivity contribution >= 4 is 23.1 Å². The standard InChI is InChI=1S/C21H21N3O2/c1-4-21(2,3)18-14(13-8-5-6-9-15(13)22-18)12-16-20(26)24-11-7-10-17(24)19(25)23-16/h4-6,8-10,12,22H,1,7,11H2,2-3H3,(H,23,25)/b16-12-. The third kappa shape index (κ3) is 2.39. The predicted octanol–water partition coefficient (Wildman–Crippen LogP) is 1.49. The van der Waals surface area contributed by atoms with E-state index in [4.69, 9.17) is 0 Å². The number of para-hydroxylation sites is 1. The van der Waals surface area contributed by atoms with E-state index >= 15 is 0 Å². The highest BCUT2D eigenvalue weighted by atomic mass is 16.1. The van der Waals surface area contributed by atoms with E-state index in [1.165, 1.54) is 0 Å². The zero-order chi connectivity index (χ0) is 18.5. The van der Waals surface area contributed by atoms with E-state index < -0.39 is 0 Å². The summed E-state index contributed by atoms with van der Waals surface area (Å²) in [6, 6.07) is 7.94. The fourth-order valence-corrected chi connectivity index (χ4v) is 3.54. The molecule has 0 aliphatic carbocycles. The fourth-order valence-electron chi connectivity index (χ4n) is 3.54. The summed E-state index contributed by atoms with van der Waals surface area (Å²) < 4.78 is 1.55. The summed E-state index contributed by atoms with van der Waals surface area (Å²) >= 11 is 0. The van der Waals surface area contributed by atoms with Crippen LogP contribution in [0.2, 0.25) is 0 Å². The molecule has 0 spiro atoms. The number of aromatic amines is 2. The molecule has 0 saturated carbocycles. The van der Waals surface area contributed by atoms with Crippen molar-refractivity contribution in [2.45, 2.75) is 32.2 Å². The number of rotatable bonds is 3. The molecule has 5 nitrogen and oxygen atoms in total. The summed E-state index contributed by atoms with van der Waals surface area (Å²) in [5.41, 5.74) is 2.15. The summed E-state index contributed by atoms with van der Waals surface area (Å²) in [7, 11) is 0. The average molecular weight is 347 g/mol. The first-order chi connectivity index (χ1) is 12.4. The van der Waals surface area contributed by atoms with Crippen LogP contribution in [-0.4, -0.2) is 14.5 Å². The van der Waals surface area contributed by atoms with Gasteiger partial charge in [0.25, 0.3) is 11.1 Å². The van der Waals surface area contributed by atoms with Crippen molar-refractivity contribution in [3.63, 3.8) is 0 Å². The molecule has 4 rings (SSSR count). The highest BCUT2D eigenvalue weighted by Gasteiger charge is 2.23. The van der Waals surface area contributed by atoms with Crippen LogP contribution in [0.1, 0.15) is 31.5 Å². The number of nitrogens with one attached hydrogen (secondary N) is 2. The van der Waals surface area contributed by atoms with Gasteiger partial charge in [-0.3, -0.25) is 9.59 Å². The van der Waals surface area contributed by atoms with Gasteiger partial charge in [-0.15, -0.1) is 6.58 Å². The van der Waals surface area contributed by atoms with Gasteiger partial charge in [0, 0.05) is 34.1 Å². The molecule has 0 atom stereocenters. The van der Waals surface area contributed by atoms with Crippen molar-refractivity contribution in [1.29, 1.82) is 0 Å². The molecular weight excluding hydrogens is 326 g/mol. The normalized spacial score (nSPS) is 14.5. The maximum Gasteiger partial charge on any atom is 0.274 e. The van der Waals surface area contributed by atoms with Gasteiger partial charge < -0.3 is 14.5 Å². The highest BCUT2D eigenvalue weighted by Crippen LogP contribution is 2.32. The number of hydrogen-bond donors (Lipinski definition) is 2. The Balaban J connectivity index is 2.10. The summed E-state index contributed by atoms with van der Waals surface area (Å²) in [4.78, 5) is 31.4. The van der Waals surface area contributed by atoms with E-state index in [0.29, 0.717) is 23.7 Å². The van der Waals surface area contributed by atoms with Crippen LogP contribution in [0.4, 0.5) is 0 Å². The first-order valence-corrected chi connectivity index (χ1v) is 8.72. The molecule has 2 aromatic heterocycles. The first kappa shape index (κ1) is 16.4. The molecule has 1 aliphatic heterocycles. The Kier molecular flexibility index (Phi) is 3.61. The van der Waals surface area contributed by atoms with Crippen LogP contribution in [0.5, 0.6) is 0 Å². The Labute approximate surface area is 150 Å². The molecule has 3 heterocycles. The highest BCUT2D eigenvalue weighted by molar-refractivity contribution is 5.91. The quantitative estimate of drug-likeness (QED) is 0.705. The smallest absolute Gasteiger partial charge is 0.274 e. The van der Waals surface area contributed by atoms with Crippen LogP contribution in [0.25, 0.3) is 23.1 Å². The Hall–Kier alpha value is -3.08. The topological polar surface area (TPSA) is 70.7 Å². The number of hydrogen-bond acceptors (Lipinski definition) is 2. The molecule has 132 valence electrons. The number of nitrogens with zero attached hydrogens (tertiary/aromatic N) is 1. The van der Waals surface area contributed by atoms with Crippen molar-refractivity contribution < 1.29 is 0 Å². The lowest BCUT2D eigenvalue weighted by atomic mass is 9.86. The predicted molar refractivity (Wildman–Crippen MR) is 105 cm³/mol. The molecule has 0 bridgehead atoms. The minimum Gasteiger partial charge on any atom is -0.357 e. The van der Waals surface area contributed by atoms with Gasteiger partial charge in [0.15, 0.2) is 0 Å². The van der Waals surface area contributed by atoms with Crippen LogP contribution in [-0.2, 0) is 12.0 Å². The molecular formula is C21H21N3O2. The molecule has 5 heteroatoms. The number of benzene rings is 1. The van der Waals surface area contributed by atoms with Gasteiger partial charge in [-0.2, -0.15) is 0 Å². The third-order valence-electron chi connectivity index (χ3n) is 5.13. The Morgan fingerprint density at radius 1 is 1.19 bits per heavy atom. The maximum atomic E-state index is 12.8. The third-order valence-corrected chi connectivity index (χ3v) is 5.13. The van der Waals surface area contributed by atoms with Crippen molar-refractivity contribution in [2.24, 2.45) is 0 Å². The molecule has 3 aromatic rings. The van der Waals surface area contributed by atoms with Crippen LogP contribution in [0.3, 0.4) is 0 Å². The Morgan fingerprint density at radius 3 is 2.73 bits per heavy atom. The zero-order valence-electron chi connectivity index (χ0n) is 14.9. The second-order valence-electron chi connectivity index (χ2n) is 7.23. The minimum atomic E-state index is -0.314. The van der Waals surface area contributed by atoms with E-state index in [1.807, 2.05) is 36.4 Å². The minimum absolute atomic E-state index is 0.166. The van der Waals surface area contributed by atoms with E-state index in [1.54, 1.807) is 10.6 Å². The largest absolute Gasteiger partial charge is 0.357 e. The van der Waals surface area contributed by atoms with Gasteiger partial charge in [0.1, 0.15) is 10.7 Å². The lowest BCUT2D eigenvalue weighted by molar-refractivity contribution is 0.650. The lowest BCUT2D eigenvalue weighted by Gasteiger charge is -2.19. The van der Waals surface area contributed by atoms with Gasteiger partial charge in [-0.1, -0.05) is 44.2 Å². The molecule has 0 radical (unpaired) electrons.